The lowest BCUT2D eigenvalue weighted by Gasteiger charge is -2.29. The van der Waals surface area contributed by atoms with E-state index >= 15 is 0 Å². The van der Waals surface area contributed by atoms with Crippen molar-refractivity contribution < 1.29 is 5.11 Å². The van der Waals surface area contributed by atoms with Gasteiger partial charge in [-0.15, -0.1) is 0 Å². The molecule has 0 amide bonds. The number of aliphatic hydroxyl groups is 1. The largest absolute Gasteiger partial charge is 0.392 e. The van der Waals surface area contributed by atoms with Gasteiger partial charge in [0.05, 0.1) is 12.6 Å². The van der Waals surface area contributed by atoms with Gasteiger partial charge in [-0.05, 0) is 26.3 Å². The topological polar surface area (TPSA) is 75.3 Å². The van der Waals surface area contributed by atoms with E-state index in [0.29, 0.717) is 18.9 Å². The molecule has 5 nitrogen and oxygen atoms in total. The number of aryl methyl sites for hydroxylation is 1. The summed E-state index contributed by atoms with van der Waals surface area (Å²) in [4.78, 5) is 10.7. The van der Waals surface area contributed by atoms with Crippen LogP contribution in [0, 0.1) is 6.92 Å². The van der Waals surface area contributed by atoms with E-state index in [0.717, 1.165) is 30.9 Å². The molecule has 0 spiro atoms. The van der Waals surface area contributed by atoms with Crippen LogP contribution in [0.5, 0.6) is 0 Å². The number of nitrogens with two attached hydrogens (primary N) is 1. The minimum Gasteiger partial charge on any atom is -0.392 e. The molecule has 1 aromatic rings. The molecule has 1 atom stereocenters. The fraction of sp³-hybridized carbons (Fsp3) is 0.636. The summed E-state index contributed by atoms with van der Waals surface area (Å²) < 4.78 is 0. The van der Waals surface area contributed by atoms with Gasteiger partial charge in [-0.25, -0.2) is 9.97 Å². The summed E-state index contributed by atoms with van der Waals surface area (Å²) in [5, 5.41) is 9.56. The van der Waals surface area contributed by atoms with E-state index in [1.165, 1.54) is 0 Å². The van der Waals surface area contributed by atoms with Crippen LogP contribution in [-0.2, 0) is 6.54 Å². The summed E-state index contributed by atoms with van der Waals surface area (Å²) in [7, 11) is 0. The molecule has 0 aromatic carbocycles. The Morgan fingerprint density at radius 3 is 3.06 bits per heavy atom. The summed E-state index contributed by atoms with van der Waals surface area (Å²) in [6.07, 6.45) is 1.71. The van der Waals surface area contributed by atoms with Crippen LogP contribution in [0.1, 0.15) is 24.4 Å². The monoisotopic (exact) mass is 222 g/mol. The Hall–Kier alpha value is -1.20. The lowest BCUT2D eigenvalue weighted by atomic mass is 10.1. The van der Waals surface area contributed by atoms with Gasteiger partial charge in [0.2, 0.25) is 0 Å². The standard InChI is InChI=1S/C11H18N4O/c1-8-5-10(12)14-11(13-8)7-15-4-2-3-9(16)6-15/h5,9,16H,2-4,6-7H2,1H3,(H2,12,13,14). The van der Waals surface area contributed by atoms with Gasteiger partial charge in [0.25, 0.3) is 0 Å². The molecule has 1 aliphatic heterocycles. The molecule has 3 N–H and O–H groups in total. The molecule has 2 rings (SSSR count). The first-order valence-corrected chi connectivity index (χ1v) is 5.64. The molecule has 1 aromatic heterocycles. The van der Waals surface area contributed by atoms with Crippen molar-refractivity contribution in [2.75, 3.05) is 18.8 Å². The first-order chi connectivity index (χ1) is 7.63. The Bertz CT molecular complexity index is 349. The van der Waals surface area contributed by atoms with E-state index in [2.05, 4.69) is 14.9 Å². The second-order valence-electron chi connectivity index (χ2n) is 4.38. The van der Waals surface area contributed by atoms with Crippen LogP contribution < -0.4 is 5.73 Å². The molecule has 88 valence electrons. The summed E-state index contributed by atoms with van der Waals surface area (Å²) >= 11 is 0. The number of anilines is 1. The maximum absolute atomic E-state index is 9.56. The molecule has 2 heterocycles. The fourth-order valence-electron chi connectivity index (χ4n) is 2.10. The van der Waals surface area contributed by atoms with E-state index in [4.69, 9.17) is 5.73 Å². The number of β-amino-alcohol motifs (C(OH)–C–C–N with tert-alkyl or cyclic N) is 1. The highest BCUT2D eigenvalue weighted by atomic mass is 16.3. The highest BCUT2D eigenvalue weighted by molar-refractivity contribution is 5.29. The minimum atomic E-state index is -0.212. The second kappa shape index (κ2) is 4.76. The van der Waals surface area contributed by atoms with Gasteiger partial charge in [0.15, 0.2) is 0 Å². The van der Waals surface area contributed by atoms with Crippen LogP contribution in [-0.4, -0.2) is 39.2 Å². The number of nitrogens with zero attached hydrogens (tertiary/aromatic N) is 3. The summed E-state index contributed by atoms with van der Waals surface area (Å²) in [6.45, 7) is 4.28. The quantitative estimate of drug-likeness (QED) is 0.754. The van der Waals surface area contributed by atoms with Crippen LogP contribution >= 0.6 is 0 Å². The summed E-state index contributed by atoms with van der Waals surface area (Å²) in [5.74, 6) is 1.26. The van der Waals surface area contributed by atoms with Crippen LogP contribution in [0.25, 0.3) is 0 Å². The predicted octanol–water partition coefficient (Wildman–Crippen LogP) is 0.324. The molecule has 1 aliphatic rings. The summed E-state index contributed by atoms with van der Waals surface area (Å²) in [5.41, 5.74) is 6.56. The first-order valence-electron chi connectivity index (χ1n) is 5.64. The molecule has 1 fully saturated rings. The Labute approximate surface area is 95.3 Å². The van der Waals surface area contributed by atoms with Crippen LogP contribution in [0.3, 0.4) is 0 Å². The van der Waals surface area contributed by atoms with Gasteiger partial charge < -0.3 is 10.8 Å². The smallest absolute Gasteiger partial charge is 0.144 e. The van der Waals surface area contributed by atoms with Crippen molar-refractivity contribution in [2.45, 2.75) is 32.4 Å². The molecule has 1 unspecified atom stereocenters. The van der Waals surface area contributed by atoms with E-state index in [1.807, 2.05) is 6.92 Å². The first kappa shape index (κ1) is 11.3. The zero-order valence-corrected chi connectivity index (χ0v) is 9.56. The van der Waals surface area contributed by atoms with Gasteiger partial charge in [-0.2, -0.15) is 0 Å². The number of aliphatic hydroxyl groups excluding tert-OH is 1. The van der Waals surface area contributed by atoms with Crippen molar-refractivity contribution >= 4 is 5.82 Å². The molecular weight excluding hydrogens is 204 g/mol. The molecule has 16 heavy (non-hydrogen) atoms. The van der Waals surface area contributed by atoms with Gasteiger partial charge in [0, 0.05) is 18.3 Å². The maximum atomic E-state index is 9.56. The lowest BCUT2D eigenvalue weighted by Crippen LogP contribution is -2.38. The number of likely N-dealkylation sites (tertiary alicyclic amines) is 1. The van der Waals surface area contributed by atoms with Gasteiger partial charge in [-0.1, -0.05) is 0 Å². The second-order valence-corrected chi connectivity index (χ2v) is 4.38. The molecular formula is C11H18N4O. The zero-order valence-electron chi connectivity index (χ0n) is 9.56. The van der Waals surface area contributed by atoms with Crippen LogP contribution in [0.4, 0.5) is 5.82 Å². The third-order valence-corrected chi connectivity index (χ3v) is 2.77. The molecule has 0 aliphatic carbocycles. The van der Waals surface area contributed by atoms with Gasteiger partial charge in [-0.3, -0.25) is 4.90 Å². The highest BCUT2D eigenvalue weighted by Crippen LogP contribution is 2.12. The normalized spacial score (nSPS) is 22.2. The van der Waals surface area contributed by atoms with E-state index in [9.17, 15) is 5.11 Å². The van der Waals surface area contributed by atoms with Crippen molar-refractivity contribution in [3.63, 3.8) is 0 Å². The molecule has 5 heteroatoms. The Kier molecular flexibility index (Phi) is 3.36. The number of hydrogen-bond donors (Lipinski definition) is 2. The predicted molar refractivity (Wildman–Crippen MR) is 61.7 cm³/mol. The van der Waals surface area contributed by atoms with E-state index in [-0.39, 0.29) is 6.10 Å². The average molecular weight is 222 g/mol. The van der Waals surface area contributed by atoms with Crippen molar-refractivity contribution in [3.05, 3.63) is 17.6 Å². The highest BCUT2D eigenvalue weighted by Gasteiger charge is 2.18. The Morgan fingerprint density at radius 2 is 2.38 bits per heavy atom. The average Bonchev–Trinajstić information content (AvgIpc) is 2.15. The van der Waals surface area contributed by atoms with Crippen LogP contribution in [0.15, 0.2) is 6.07 Å². The Balaban J connectivity index is 2.02. The van der Waals surface area contributed by atoms with Gasteiger partial charge in [0.1, 0.15) is 11.6 Å². The molecule has 0 radical (unpaired) electrons. The number of rotatable bonds is 2. The third kappa shape index (κ3) is 2.90. The zero-order chi connectivity index (χ0) is 11.5. The molecule has 1 saturated heterocycles. The van der Waals surface area contributed by atoms with Gasteiger partial charge >= 0.3 is 0 Å². The van der Waals surface area contributed by atoms with E-state index in [1.54, 1.807) is 6.07 Å². The number of aromatic nitrogens is 2. The number of hydrogen-bond acceptors (Lipinski definition) is 5. The van der Waals surface area contributed by atoms with Crippen molar-refractivity contribution in [3.8, 4) is 0 Å². The number of nitrogen functional groups attached to an aromatic ring is 1. The molecule has 0 bridgehead atoms. The van der Waals surface area contributed by atoms with E-state index < -0.39 is 0 Å². The van der Waals surface area contributed by atoms with Crippen LogP contribution in [0.2, 0.25) is 0 Å². The van der Waals surface area contributed by atoms with Crippen molar-refractivity contribution in [1.29, 1.82) is 0 Å². The minimum absolute atomic E-state index is 0.212. The number of piperidine rings is 1. The maximum Gasteiger partial charge on any atom is 0.144 e. The third-order valence-electron chi connectivity index (χ3n) is 2.77. The van der Waals surface area contributed by atoms with Crippen molar-refractivity contribution in [1.82, 2.24) is 14.9 Å². The molecule has 0 saturated carbocycles. The Morgan fingerprint density at radius 1 is 1.56 bits per heavy atom. The SMILES string of the molecule is Cc1cc(N)nc(CN2CCCC(O)C2)n1. The lowest BCUT2D eigenvalue weighted by molar-refractivity contribution is 0.0655. The summed E-state index contributed by atoms with van der Waals surface area (Å²) in [6, 6.07) is 1.76. The fourth-order valence-corrected chi connectivity index (χ4v) is 2.10. The van der Waals surface area contributed by atoms with Crippen molar-refractivity contribution in [2.24, 2.45) is 0 Å².